The SMILES string of the molecule is CCNC(=NCc1c(CC)nn(C)c1CC)NCCCC(C)C. The maximum Gasteiger partial charge on any atom is 0.191 e. The smallest absolute Gasteiger partial charge is 0.191 e. The molecule has 0 fully saturated rings. The van der Waals surface area contributed by atoms with E-state index in [1.807, 2.05) is 11.7 Å². The molecule has 0 unspecified atom stereocenters. The monoisotopic (exact) mass is 321 g/mol. The topological polar surface area (TPSA) is 54.2 Å². The Balaban J connectivity index is 2.73. The van der Waals surface area contributed by atoms with Crippen LogP contribution in [-0.2, 0) is 26.4 Å². The van der Waals surface area contributed by atoms with Gasteiger partial charge in [-0.15, -0.1) is 0 Å². The van der Waals surface area contributed by atoms with Crippen molar-refractivity contribution in [3.05, 3.63) is 17.0 Å². The molecule has 1 heterocycles. The van der Waals surface area contributed by atoms with Gasteiger partial charge in [0.2, 0.25) is 0 Å². The number of aryl methyl sites for hydroxylation is 2. The van der Waals surface area contributed by atoms with E-state index in [1.54, 1.807) is 0 Å². The zero-order chi connectivity index (χ0) is 17.2. The van der Waals surface area contributed by atoms with E-state index in [9.17, 15) is 0 Å². The molecule has 0 aliphatic carbocycles. The zero-order valence-electron chi connectivity index (χ0n) is 15.9. The van der Waals surface area contributed by atoms with Crippen molar-refractivity contribution >= 4 is 5.96 Å². The third-order valence-corrected chi connectivity index (χ3v) is 4.02. The van der Waals surface area contributed by atoms with Crippen LogP contribution in [0.1, 0.15) is 64.4 Å². The van der Waals surface area contributed by atoms with E-state index in [1.165, 1.54) is 29.8 Å². The summed E-state index contributed by atoms with van der Waals surface area (Å²) in [6.07, 6.45) is 4.37. The molecule has 0 radical (unpaired) electrons. The third kappa shape index (κ3) is 6.24. The van der Waals surface area contributed by atoms with Crippen LogP contribution in [0.15, 0.2) is 4.99 Å². The van der Waals surface area contributed by atoms with Crippen LogP contribution in [0, 0.1) is 5.92 Å². The van der Waals surface area contributed by atoms with Crippen molar-refractivity contribution in [3.63, 3.8) is 0 Å². The first kappa shape index (κ1) is 19.5. The molecule has 0 amide bonds. The molecule has 1 aromatic heterocycles. The molecule has 0 saturated carbocycles. The van der Waals surface area contributed by atoms with Gasteiger partial charge in [0.1, 0.15) is 0 Å². The fourth-order valence-electron chi connectivity index (χ4n) is 2.79. The van der Waals surface area contributed by atoms with E-state index in [0.717, 1.165) is 37.8 Å². The fourth-order valence-corrected chi connectivity index (χ4v) is 2.79. The Bertz CT molecular complexity index is 488. The van der Waals surface area contributed by atoms with Crippen LogP contribution < -0.4 is 10.6 Å². The lowest BCUT2D eigenvalue weighted by Crippen LogP contribution is -2.37. The minimum Gasteiger partial charge on any atom is -0.357 e. The second-order valence-corrected chi connectivity index (χ2v) is 6.36. The summed E-state index contributed by atoms with van der Waals surface area (Å²) < 4.78 is 2.01. The molecule has 0 aliphatic heterocycles. The van der Waals surface area contributed by atoms with Crippen LogP contribution >= 0.6 is 0 Å². The number of hydrogen-bond acceptors (Lipinski definition) is 2. The van der Waals surface area contributed by atoms with Crippen molar-refractivity contribution in [1.29, 1.82) is 0 Å². The molecule has 2 N–H and O–H groups in total. The quantitative estimate of drug-likeness (QED) is 0.417. The Morgan fingerprint density at radius 3 is 2.48 bits per heavy atom. The summed E-state index contributed by atoms with van der Waals surface area (Å²) in [5.74, 6) is 1.66. The Morgan fingerprint density at radius 1 is 1.17 bits per heavy atom. The number of hydrogen-bond donors (Lipinski definition) is 2. The van der Waals surface area contributed by atoms with Crippen LogP contribution in [0.3, 0.4) is 0 Å². The highest BCUT2D eigenvalue weighted by Gasteiger charge is 2.13. The van der Waals surface area contributed by atoms with Gasteiger partial charge in [0.25, 0.3) is 0 Å². The molecule has 0 spiro atoms. The maximum absolute atomic E-state index is 4.77. The molecule has 0 aromatic carbocycles. The van der Waals surface area contributed by atoms with Crippen molar-refractivity contribution in [2.24, 2.45) is 18.0 Å². The molecule has 5 nitrogen and oxygen atoms in total. The molecule has 132 valence electrons. The van der Waals surface area contributed by atoms with Crippen molar-refractivity contribution in [3.8, 4) is 0 Å². The van der Waals surface area contributed by atoms with E-state index < -0.39 is 0 Å². The minimum absolute atomic E-state index is 0.694. The normalized spacial score (nSPS) is 12.0. The number of guanidine groups is 1. The summed E-state index contributed by atoms with van der Waals surface area (Å²) in [5.41, 5.74) is 3.75. The Hall–Kier alpha value is -1.52. The van der Waals surface area contributed by atoms with Gasteiger partial charge in [-0.2, -0.15) is 5.10 Å². The van der Waals surface area contributed by atoms with E-state index in [4.69, 9.17) is 4.99 Å². The summed E-state index contributed by atoms with van der Waals surface area (Å²) in [5, 5.41) is 11.4. The molecule has 1 rings (SSSR count). The molecule has 0 bridgehead atoms. The van der Waals surface area contributed by atoms with Gasteiger partial charge in [0.05, 0.1) is 12.2 Å². The van der Waals surface area contributed by atoms with E-state index in [2.05, 4.69) is 50.4 Å². The van der Waals surface area contributed by atoms with Crippen molar-refractivity contribution in [2.45, 2.75) is 66.8 Å². The Kier molecular flexibility index (Phi) is 8.74. The lowest BCUT2D eigenvalue weighted by Gasteiger charge is -2.12. The van der Waals surface area contributed by atoms with Crippen LogP contribution in [0.2, 0.25) is 0 Å². The number of nitrogens with one attached hydrogen (secondary N) is 2. The van der Waals surface area contributed by atoms with Crippen molar-refractivity contribution in [1.82, 2.24) is 20.4 Å². The Morgan fingerprint density at radius 2 is 1.91 bits per heavy atom. The largest absolute Gasteiger partial charge is 0.357 e. The first-order valence-electron chi connectivity index (χ1n) is 9.09. The van der Waals surface area contributed by atoms with Gasteiger partial charge in [-0.05, 0) is 38.5 Å². The van der Waals surface area contributed by atoms with Crippen molar-refractivity contribution < 1.29 is 0 Å². The van der Waals surface area contributed by atoms with Gasteiger partial charge in [-0.25, -0.2) is 4.99 Å². The minimum atomic E-state index is 0.694. The highest BCUT2D eigenvalue weighted by Crippen LogP contribution is 2.16. The summed E-state index contributed by atoms with van der Waals surface area (Å²) in [4.78, 5) is 4.77. The molecule has 1 aromatic rings. The van der Waals surface area contributed by atoms with E-state index >= 15 is 0 Å². The highest BCUT2D eigenvalue weighted by atomic mass is 15.3. The zero-order valence-corrected chi connectivity index (χ0v) is 15.9. The number of aromatic nitrogens is 2. The lowest BCUT2D eigenvalue weighted by molar-refractivity contribution is 0.549. The number of rotatable bonds is 9. The summed E-state index contributed by atoms with van der Waals surface area (Å²) >= 11 is 0. The van der Waals surface area contributed by atoms with Crippen LogP contribution in [0.5, 0.6) is 0 Å². The molecule has 5 heteroatoms. The number of aliphatic imine (C=N–C) groups is 1. The first-order valence-corrected chi connectivity index (χ1v) is 9.09. The summed E-state index contributed by atoms with van der Waals surface area (Å²) in [7, 11) is 2.03. The van der Waals surface area contributed by atoms with Crippen LogP contribution in [-0.4, -0.2) is 28.8 Å². The molecule has 0 saturated heterocycles. The average Bonchev–Trinajstić information content (AvgIpc) is 2.83. The van der Waals surface area contributed by atoms with Crippen LogP contribution in [0.25, 0.3) is 0 Å². The fraction of sp³-hybridized carbons (Fsp3) is 0.778. The van der Waals surface area contributed by atoms with Crippen molar-refractivity contribution in [2.75, 3.05) is 13.1 Å². The summed E-state index contributed by atoms with van der Waals surface area (Å²) in [6, 6.07) is 0. The van der Waals surface area contributed by atoms with E-state index in [0.29, 0.717) is 6.54 Å². The average molecular weight is 322 g/mol. The molecule has 0 atom stereocenters. The van der Waals surface area contributed by atoms with Gasteiger partial charge < -0.3 is 10.6 Å². The molecular weight excluding hydrogens is 286 g/mol. The van der Waals surface area contributed by atoms with Gasteiger partial charge in [0, 0.05) is 31.4 Å². The highest BCUT2D eigenvalue weighted by molar-refractivity contribution is 5.79. The predicted octanol–water partition coefficient (Wildman–Crippen LogP) is 3.04. The standard InChI is InChI=1S/C18H35N5/c1-7-16-15(17(8-2)23(6)22-16)13-21-18(19-9-3)20-12-10-11-14(4)5/h14H,7-13H2,1-6H3,(H2,19,20,21). The second kappa shape index (κ2) is 10.3. The lowest BCUT2D eigenvalue weighted by atomic mass is 10.1. The molecule has 0 aliphatic rings. The molecular formula is C18H35N5. The van der Waals surface area contributed by atoms with E-state index in [-0.39, 0.29) is 0 Å². The van der Waals surface area contributed by atoms with Gasteiger partial charge in [0.15, 0.2) is 5.96 Å². The first-order chi connectivity index (χ1) is 11.0. The second-order valence-electron chi connectivity index (χ2n) is 6.36. The van der Waals surface area contributed by atoms with Gasteiger partial charge in [-0.1, -0.05) is 27.7 Å². The van der Waals surface area contributed by atoms with Crippen LogP contribution in [0.4, 0.5) is 0 Å². The Labute approximate surface area is 142 Å². The van der Waals surface area contributed by atoms with Gasteiger partial charge in [-0.3, -0.25) is 4.68 Å². The maximum atomic E-state index is 4.77. The van der Waals surface area contributed by atoms with Gasteiger partial charge >= 0.3 is 0 Å². The molecule has 23 heavy (non-hydrogen) atoms. The summed E-state index contributed by atoms with van der Waals surface area (Å²) in [6.45, 7) is 13.5. The predicted molar refractivity (Wildman–Crippen MR) is 98.9 cm³/mol. The number of nitrogens with zero attached hydrogens (tertiary/aromatic N) is 3. The third-order valence-electron chi connectivity index (χ3n) is 4.02.